The van der Waals surface area contributed by atoms with Crippen molar-refractivity contribution in [3.8, 4) is 5.75 Å². The van der Waals surface area contributed by atoms with E-state index in [-0.39, 0.29) is 11.6 Å². The van der Waals surface area contributed by atoms with E-state index >= 15 is 0 Å². The van der Waals surface area contributed by atoms with Crippen molar-refractivity contribution in [1.82, 2.24) is 0 Å². The third-order valence-electron chi connectivity index (χ3n) is 2.61. The molecule has 0 saturated carbocycles. The Morgan fingerprint density at radius 3 is 2.81 bits per heavy atom. The third-order valence-corrected chi connectivity index (χ3v) is 2.61. The second-order valence-corrected chi connectivity index (χ2v) is 4.58. The molecule has 0 fully saturated rings. The minimum Gasteiger partial charge on any atom is -0.485 e. The fraction of sp³-hybridized carbons (Fsp3) is 0.417. The summed E-state index contributed by atoms with van der Waals surface area (Å²) in [5, 5.41) is 0. The van der Waals surface area contributed by atoms with Crippen LogP contribution in [0.5, 0.6) is 5.75 Å². The molecule has 0 unspecified atom stereocenters. The number of ether oxygens (including phenoxy) is 2. The van der Waals surface area contributed by atoms with Crippen molar-refractivity contribution in [2.75, 3.05) is 12.8 Å². The Bertz CT molecular complexity index is 452. The SMILES string of the molecule is COC(=O)c1cc(N)c2c(c1)CC(C)(C)O2. The lowest BCUT2D eigenvalue weighted by atomic mass is 9.99. The number of carbonyl (C=O) groups excluding carboxylic acids is 1. The number of esters is 1. The largest absolute Gasteiger partial charge is 0.485 e. The molecule has 0 spiro atoms. The highest BCUT2D eigenvalue weighted by Gasteiger charge is 2.32. The van der Waals surface area contributed by atoms with Crippen LogP contribution in [0.3, 0.4) is 0 Å². The molecular weight excluding hydrogens is 206 g/mol. The summed E-state index contributed by atoms with van der Waals surface area (Å²) in [5.41, 5.74) is 7.52. The van der Waals surface area contributed by atoms with Gasteiger partial charge in [0, 0.05) is 12.0 Å². The van der Waals surface area contributed by atoms with Crippen LogP contribution in [0.15, 0.2) is 12.1 Å². The Kier molecular flexibility index (Phi) is 2.30. The number of nitrogens with two attached hydrogens (primary N) is 1. The average molecular weight is 221 g/mol. The first-order valence-electron chi connectivity index (χ1n) is 5.13. The monoisotopic (exact) mass is 221 g/mol. The van der Waals surface area contributed by atoms with Crippen LogP contribution in [-0.4, -0.2) is 18.7 Å². The van der Waals surface area contributed by atoms with Crippen LogP contribution in [0.25, 0.3) is 0 Å². The van der Waals surface area contributed by atoms with Gasteiger partial charge in [-0.25, -0.2) is 4.79 Å². The molecule has 2 N–H and O–H groups in total. The zero-order valence-electron chi connectivity index (χ0n) is 9.66. The molecule has 1 heterocycles. The van der Waals surface area contributed by atoms with Crippen LogP contribution in [0.2, 0.25) is 0 Å². The molecule has 86 valence electrons. The Morgan fingerprint density at radius 1 is 1.50 bits per heavy atom. The van der Waals surface area contributed by atoms with Crippen LogP contribution in [0.4, 0.5) is 5.69 Å². The van der Waals surface area contributed by atoms with Gasteiger partial charge in [0.1, 0.15) is 11.4 Å². The van der Waals surface area contributed by atoms with E-state index in [4.69, 9.17) is 10.5 Å². The zero-order valence-corrected chi connectivity index (χ0v) is 9.66. The quantitative estimate of drug-likeness (QED) is 0.580. The number of fused-ring (bicyclic) bond motifs is 1. The molecule has 0 aliphatic carbocycles. The molecule has 0 bridgehead atoms. The van der Waals surface area contributed by atoms with Gasteiger partial charge in [0.25, 0.3) is 0 Å². The summed E-state index contributed by atoms with van der Waals surface area (Å²) in [5.74, 6) is 0.317. The molecule has 0 amide bonds. The van der Waals surface area contributed by atoms with E-state index in [9.17, 15) is 4.79 Å². The third kappa shape index (κ3) is 1.71. The summed E-state index contributed by atoms with van der Waals surface area (Å²) in [6.07, 6.45) is 0.747. The number of rotatable bonds is 1. The van der Waals surface area contributed by atoms with Gasteiger partial charge in [-0.3, -0.25) is 0 Å². The van der Waals surface area contributed by atoms with E-state index in [0.717, 1.165) is 12.0 Å². The maximum atomic E-state index is 11.4. The number of nitrogen functional groups attached to an aromatic ring is 1. The van der Waals surface area contributed by atoms with Gasteiger partial charge in [-0.1, -0.05) is 0 Å². The van der Waals surface area contributed by atoms with Gasteiger partial charge in [-0.15, -0.1) is 0 Å². The van der Waals surface area contributed by atoms with Crippen LogP contribution >= 0.6 is 0 Å². The maximum absolute atomic E-state index is 11.4. The molecule has 16 heavy (non-hydrogen) atoms. The smallest absolute Gasteiger partial charge is 0.337 e. The first kappa shape index (κ1) is 10.8. The number of hydrogen-bond acceptors (Lipinski definition) is 4. The van der Waals surface area contributed by atoms with E-state index < -0.39 is 0 Å². The van der Waals surface area contributed by atoms with Crippen molar-refractivity contribution in [2.24, 2.45) is 0 Å². The van der Waals surface area contributed by atoms with Gasteiger partial charge in [-0.2, -0.15) is 0 Å². The van der Waals surface area contributed by atoms with Gasteiger partial charge in [0.2, 0.25) is 0 Å². The zero-order chi connectivity index (χ0) is 11.9. The molecule has 1 aromatic rings. The standard InChI is InChI=1S/C12H15NO3/c1-12(2)6-8-4-7(11(14)15-3)5-9(13)10(8)16-12/h4-5H,6,13H2,1-3H3. The second-order valence-electron chi connectivity index (χ2n) is 4.58. The highest BCUT2D eigenvalue weighted by atomic mass is 16.5. The van der Waals surface area contributed by atoms with Crippen molar-refractivity contribution in [1.29, 1.82) is 0 Å². The van der Waals surface area contributed by atoms with E-state index in [1.807, 2.05) is 13.8 Å². The second kappa shape index (κ2) is 3.40. The molecule has 4 nitrogen and oxygen atoms in total. The van der Waals surface area contributed by atoms with Crippen molar-refractivity contribution in [3.63, 3.8) is 0 Å². The predicted molar refractivity (Wildman–Crippen MR) is 60.6 cm³/mol. The minimum absolute atomic E-state index is 0.259. The normalized spacial score (nSPS) is 16.4. The van der Waals surface area contributed by atoms with E-state index in [0.29, 0.717) is 17.0 Å². The van der Waals surface area contributed by atoms with Gasteiger partial charge in [-0.05, 0) is 26.0 Å². The molecule has 0 saturated heterocycles. The summed E-state index contributed by atoms with van der Waals surface area (Å²) >= 11 is 0. The van der Waals surface area contributed by atoms with Crippen molar-refractivity contribution >= 4 is 11.7 Å². The lowest BCUT2D eigenvalue weighted by Gasteiger charge is -2.17. The average Bonchev–Trinajstić information content (AvgIpc) is 2.52. The summed E-state index contributed by atoms with van der Waals surface area (Å²) < 4.78 is 10.4. The van der Waals surface area contributed by atoms with E-state index in [2.05, 4.69) is 4.74 Å². The Labute approximate surface area is 94.3 Å². The number of methoxy groups -OCH3 is 1. The number of anilines is 1. The Balaban J connectivity index is 2.46. The van der Waals surface area contributed by atoms with Gasteiger partial charge in [0.15, 0.2) is 0 Å². The molecule has 0 radical (unpaired) electrons. The molecule has 2 rings (SSSR count). The minimum atomic E-state index is -0.376. The summed E-state index contributed by atoms with van der Waals surface area (Å²) in [6.45, 7) is 3.98. The van der Waals surface area contributed by atoms with Gasteiger partial charge >= 0.3 is 5.97 Å². The molecular formula is C12H15NO3. The first-order valence-corrected chi connectivity index (χ1v) is 5.13. The summed E-state index contributed by atoms with van der Waals surface area (Å²) in [6, 6.07) is 3.37. The number of benzene rings is 1. The molecule has 0 atom stereocenters. The number of hydrogen-bond donors (Lipinski definition) is 1. The fourth-order valence-corrected chi connectivity index (χ4v) is 1.98. The molecule has 1 aromatic carbocycles. The number of carbonyl (C=O) groups is 1. The summed E-state index contributed by atoms with van der Waals surface area (Å²) in [7, 11) is 1.35. The van der Waals surface area contributed by atoms with Crippen LogP contribution in [0.1, 0.15) is 29.8 Å². The fourth-order valence-electron chi connectivity index (χ4n) is 1.98. The summed E-state index contributed by atoms with van der Waals surface area (Å²) in [4.78, 5) is 11.4. The van der Waals surface area contributed by atoms with Gasteiger partial charge < -0.3 is 15.2 Å². The molecule has 0 aromatic heterocycles. The Hall–Kier alpha value is -1.71. The van der Waals surface area contributed by atoms with Crippen molar-refractivity contribution in [2.45, 2.75) is 25.9 Å². The van der Waals surface area contributed by atoms with E-state index in [1.165, 1.54) is 7.11 Å². The van der Waals surface area contributed by atoms with Crippen molar-refractivity contribution < 1.29 is 14.3 Å². The topological polar surface area (TPSA) is 61.5 Å². The highest BCUT2D eigenvalue weighted by Crippen LogP contribution is 2.40. The van der Waals surface area contributed by atoms with Gasteiger partial charge in [0.05, 0.1) is 18.4 Å². The first-order chi connectivity index (χ1) is 7.43. The highest BCUT2D eigenvalue weighted by molar-refractivity contribution is 5.91. The van der Waals surface area contributed by atoms with Crippen LogP contribution in [-0.2, 0) is 11.2 Å². The molecule has 1 aliphatic heterocycles. The van der Waals surface area contributed by atoms with Crippen LogP contribution < -0.4 is 10.5 Å². The lowest BCUT2D eigenvalue weighted by Crippen LogP contribution is -2.24. The Morgan fingerprint density at radius 2 is 2.19 bits per heavy atom. The molecule has 1 aliphatic rings. The lowest BCUT2D eigenvalue weighted by molar-refractivity contribution is 0.0600. The predicted octanol–water partition coefficient (Wildman–Crippen LogP) is 1.77. The molecule has 4 heteroatoms. The van der Waals surface area contributed by atoms with Crippen LogP contribution in [0, 0.1) is 0 Å². The van der Waals surface area contributed by atoms with E-state index in [1.54, 1.807) is 12.1 Å². The van der Waals surface area contributed by atoms with Crippen molar-refractivity contribution in [3.05, 3.63) is 23.3 Å². The maximum Gasteiger partial charge on any atom is 0.337 e.